The number of nitriles is 1. The average molecular weight is 218 g/mol. The SMILES string of the molecule is CC(C(=O)O)S(=O)CC(=O)NCC#N. The molecule has 0 saturated heterocycles. The number of carbonyl (C=O) groups is 2. The number of hydrogen-bond acceptors (Lipinski definition) is 4. The summed E-state index contributed by atoms with van der Waals surface area (Å²) in [7, 11) is -1.75. The molecule has 0 bridgehead atoms. The van der Waals surface area contributed by atoms with Crippen LogP contribution >= 0.6 is 0 Å². The molecule has 7 heteroatoms. The molecule has 6 nitrogen and oxygen atoms in total. The van der Waals surface area contributed by atoms with Crippen LogP contribution in [-0.4, -0.2) is 38.7 Å². The van der Waals surface area contributed by atoms with Gasteiger partial charge in [-0.15, -0.1) is 0 Å². The van der Waals surface area contributed by atoms with Crippen LogP contribution < -0.4 is 5.32 Å². The molecule has 0 aliphatic carbocycles. The highest BCUT2D eigenvalue weighted by Crippen LogP contribution is 1.95. The Labute approximate surface area is 83.4 Å². The molecule has 0 saturated carbocycles. The van der Waals surface area contributed by atoms with Crippen molar-refractivity contribution < 1.29 is 18.9 Å². The molecule has 2 unspecified atom stereocenters. The van der Waals surface area contributed by atoms with E-state index in [1.54, 1.807) is 6.07 Å². The summed E-state index contributed by atoms with van der Waals surface area (Å²) in [5, 5.41) is 17.7. The first-order valence-electron chi connectivity index (χ1n) is 3.72. The van der Waals surface area contributed by atoms with E-state index in [1.807, 2.05) is 0 Å². The number of aliphatic carboxylic acids is 1. The summed E-state index contributed by atoms with van der Waals surface area (Å²) in [5.41, 5.74) is 0. The fraction of sp³-hybridized carbons (Fsp3) is 0.571. The summed E-state index contributed by atoms with van der Waals surface area (Å²) in [5.74, 6) is -2.19. The standard InChI is InChI=1S/C7H10N2O4S/c1-5(7(11)12)14(13)4-6(10)9-3-2-8/h5H,3-4H2,1H3,(H,9,10)(H,11,12). The number of nitrogens with zero attached hydrogens (tertiary/aromatic N) is 1. The lowest BCUT2D eigenvalue weighted by molar-refractivity contribution is -0.136. The Morgan fingerprint density at radius 3 is 2.64 bits per heavy atom. The summed E-state index contributed by atoms with van der Waals surface area (Å²) in [6, 6.07) is 1.68. The second-order valence-corrected chi connectivity index (χ2v) is 4.20. The van der Waals surface area contributed by atoms with Crippen molar-refractivity contribution in [2.24, 2.45) is 0 Å². The second-order valence-electron chi connectivity index (χ2n) is 2.44. The summed E-state index contributed by atoms with van der Waals surface area (Å²) in [6.07, 6.45) is 0. The molecule has 1 amide bonds. The second kappa shape index (κ2) is 6.10. The van der Waals surface area contributed by atoms with Crippen LogP contribution in [0.25, 0.3) is 0 Å². The van der Waals surface area contributed by atoms with Crippen molar-refractivity contribution in [1.82, 2.24) is 5.32 Å². The van der Waals surface area contributed by atoms with Gasteiger partial charge in [0, 0.05) is 10.8 Å². The third kappa shape index (κ3) is 4.57. The van der Waals surface area contributed by atoms with Crippen molar-refractivity contribution in [1.29, 1.82) is 5.26 Å². The Balaban J connectivity index is 4.01. The number of carboxylic acid groups (broad SMARTS) is 1. The molecule has 0 aliphatic rings. The van der Waals surface area contributed by atoms with Gasteiger partial charge in [0.15, 0.2) is 0 Å². The zero-order valence-electron chi connectivity index (χ0n) is 7.52. The van der Waals surface area contributed by atoms with E-state index in [1.165, 1.54) is 6.92 Å². The van der Waals surface area contributed by atoms with Crippen molar-refractivity contribution in [2.75, 3.05) is 12.3 Å². The van der Waals surface area contributed by atoms with Crippen LogP contribution in [0.5, 0.6) is 0 Å². The maximum absolute atomic E-state index is 11.1. The normalized spacial score (nSPS) is 13.7. The predicted octanol–water partition coefficient (Wildman–Crippen LogP) is -1.15. The third-order valence-corrected chi connectivity index (χ3v) is 2.92. The molecular weight excluding hydrogens is 208 g/mol. The van der Waals surface area contributed by atoms with Gasteiger partial charge in [0.25, 0.3) is 0 Å². The monoisotopic (exact) mass is 218 g/mol. The minimum absolute atomic E-state index is 0.169. The van der Waals surface area contributed by atoms with E-state index in [0.29, 0.717) is 0 Å². The highest BCUT2D eigenvalue weighted by molar-refractivity contribution is 7.87. The van der Waals surface area contributed by atoms with E-state index in [2.05, 4.69) is 5.32 Å². The zero-order valence-corrected chi connectivity index (χ0v) is 8.34. The van der Waals surface area contributed by atoms with Crippen LogP contribution in [0.1, 0.15) is 6.92 Å². The smallest absolute Gasteiger partial charge is 0.318 e. The van der Waals surface area contributed by atoms with Crippen molar-refractivity contribution in [3.8, 4) is 6.07 Å². The third-order valence-electron chi connectivity index (χ3n) is 1.38. The molecule has 0 radical (unpaired) electrons. The van der Waals surface area contributed by atoms with Crippen molar-refractivity contribution in [3.63, 3.8) is 0 Å². The van der Waals surface area contributed by atoms with Crippen LogP contribution in [0, 0.1) is 11.3 Å². The maximum Gasteiger partial charge on any atom is 0.318 e. The molecule has 2 N–H and O–H groups in total. The predicted molar refractivity (Wildman–Crippen MR) is 48.7 cm³/mol. The summed E-state index contributed by atoms with van der Waals surface area (Å²) in [6.45, 7) is 1.09. The molecule has 0 spiro atoms. The molecular formula is C7H10N2O4S. The summed E-state index contributed by atoms with van der Waals surface area (Å²) < 4.78 is 11.1. The zero-order chi connectivity index (χ0) is 11.1. The topological polar surface area (TPSA) is 107 Å². The largest absolute Gasteiger partial charge is 0.480 e. The van der Waals surface area contributed by atoms with Crippen LogP contribution in [-0.2, 0) is 20.4 Å². The van der Waals surface area contributed by atoms with Gasteiger partial charge in [0.05, 0.1) is 6.07 Å². The number of rotatable bonds is 5. The van der Waals surface area contributed by atoms with Crippen molar-refractivity contribution in [2.45, 2.75) is 12.2 Å². The highest BCUT2D eigenvalue weighted by Gasteiger charge is 2.20. The number of nitrogens with one attached hydrogen (secondary N) is 1. The van der Waals surface area contributed by atoms with Gasteiger partial charge in [0.2, 0.25) is 5.91 Å². The van der Waals surface area contributed by atoms with Gasteiger partial charge in [-0.05, 0) is 6.92 Å². The van der Waals surface area contributed by atoms with Gasteiger partial charge in [-0.1, -0.05) is 0 Å². The molecule has 0 rings (SSSR count). The van der Waals surface area contributed by atoms with Gasteiger partial charge >= 0.3 is 5.97 Å². The molecule has 0 fully saturated rings. The quantitative estimate of drug-likeness (QED) is 0.566. The van der Waals surface area contributed by atoms with E-state index < -0.39 is 33.7 Å². The molecule has 0 aromatic rings. The lowest BCUT2D eigenvalue weighted by Crippen LogP contribution is -2.33. The Hall–Kier alpha value is -1.42. The fourth-order valence-electron chi connectivity index (χ4n) is 0.556. The van der Waals surface area contributed by atoms with Crippen LogP contribution in [0.4, 0.5) is 0 Å². The van der Waals surface area contributed by atoms with Gasteiger partial charge in [0.1, 0.15) is 17.5 Å². The molecule has 0 aliphatic heterocycles. The molecule has 78 valence electrons. The van der Waals surface area contributed by atoms with E-state index >= 15 is 0 Å². The number of amides is 1. The first-order valence-corrected chi connectivity index (χ1v) is 5.11. The van der Waals surface area contributed by atoms with Crippen LogP contribution in [0.15, 0.2) is 0 Å². The van der Waals surface area contributed by atoms with E-state index in [-0.39, 0.29) is 6.54 Å². The van der Waals surface area contributed by atoms with Gasteiger partial charge in [-0.25, -0.2) is 0 Å². The number of carbonyl (C=O) groups excluding carboxylic acids is 1. The maximum atomic E-state index is 11.1. The van der Waals surface area contributed by atoms with Gasteiger partial charge < -0.3 is 10.4 Å². The minimum atomic E-state index is -1.75. The lowest BCUT2D eigenvalue weighted by atomic mass is 10.5. The minimum Gasteiger partial charge on any atom is -0.480 e. The first kappa shape index (κ1) is 12.6. The summed E-state index contributed by atoms with van der Waals surface area (Å²) in [4.78, 5) is 21.3. The van der Waals surface area contributed by atoms with E-state index in [9.17, 15) is 13.8 Å². The van der Waals surface area contributed by atoms with Crippen molar-refractivity contribution >= 4 is 22.7 Å². The molecule has 0 aromatic heterocycles. The van der Waals surface area contributed by atoms with Crippen LogP contribution in [0.2, 0.25) is 0 Å². The van der Waals surface area contributed by atoms with E-state index in [4.69, 9.17) is 10.4 Å². The van der Waals surface area contributed by atoms with Gasteiger partial charge in [-0.2, -0.15) is 5.26 Å². The molecule has 0 heterocycles. The Morgan fingerprint density at radius 2 is 2.21 bits per heavy atom. The molecule has 2 atom stereocenters. The highest BCUT2D eigenvalue weighted by atomic mass is 32.2. The van der Waals surface area contributed by atoms with Crippen LogP contribution in [0.3, 0.4) is 0 Å². The Morgan fingerprint density at radius 1 is 1.64 bits per heavy atom. The number of hydrogen-bond donors (Lipinski definition) is 2. The average Bonchev–Trinajstić information content (AvgIpc) is 2.13. The molecule has 14 heavy (non-hydrogen) atoms. The summed E-state index contributed by atoms with van der Waals surface area (Å²) >= 11 is 0. The first-order chi connectivity index (χ1) is 6.49. The number of carboxylic acids is 1. The van der Waals surface area contributed by atoms with E-state index in [0.717, 1.165) is 0 Å². The lowest BCUT2D eigenvalue weighted by Gasteiger charge is -2.05. The molecule has 0 aromatic carbocycles. The Kier molecular flexibility index (Phi) is 5.48. The Bertz CT molecular complexity index is 297. The van der Waals surface area contributed by atoms with Crippen molar-refractivity contribution in [3.05, 3.63) is 0 Å². The fourth-order valence-corrected chi connectivity index (χ4v) is 1.39. The van der Waals surface area contributed by atoms with Gasteiger partial charge in [-0.3, -0.25) is 13.8 Å².